The summed E-state index contributed by atoms with van der Waals surface area (Å²) in [7, 11) is 0. The normalized spacial score (nSPS) is 26.5. The molecule has 102 valence electrons. The van der Waals surface area contributed by atoms with E-state index in [9.17, 15) is 0 Å². The maximum atomic E-state index is 4.71. The molecule has 1 atom stereocenters. The minimum absolute atomic E-state index is 0.469. The van der Waals surface area contributed by atoms with Crippen molar-refractivity contribution in [3.63, 3.8) is 0 Å². The topological polar surface area (TPSA) is 24.9 Å². The largest absolute Gasteiger partial charge is 0.305 e. The highest BCUT2D eigenvalue weighted by atomic mass is 32.1. The summed E-state index contributed by atoms with van der Waals surface area (Å²) in [5, 5.41) is 7.21. The van der Waals surface area contributed by atoms with Crippen LogP contribution in [-0.4, -0.2) is 11.0 Å². The first-order valence-corrected chi connectivity index (χ1v) is 8.12. The number of rotatable bonds is 4. The van der Waals surface area contributed by atoms with Crippen molar-refractivity contribution < 1.29 is 0 Å². The van der Waals surface area contributed by atoms with Gasteiger partial charge in [0.05, 0.1) is 6.04 Å². The zero-order valence-electron chi connectivity index (χ0n) is 12.1. The summed E-state index contributed by atoms with van der Waals surface area (Å²) in [5.74, 6) is 1.69. The summed E-state index contributed by atoms with van der Waals surface area (Å²) in [6.45, 7) is 8.95. The Labute approximate surface area is 115 Å². The van der Waals surface area contributed by atoms with Crippen molar-refractivity contribution in [3.8, 4) is 0 Å². The van der Waals surface area contributed by atoms with E-state index in [1.165, 1.54) is 30.7 Å². The van der Waals surface area contributed by atoms with Gasteiger partial charge >= 0.3 is 0 Å². The number of hydrogen-bond acceptors (Lipinski definition) is 3. The molecule has 0 spiro atoms. The fourth-order valence-corrected chi connectivity index (χ4v) is 3.85. The van der Waals surface area contributed by atoms with Gasteiger partial charge in [-0.05, 0) is 31.6 Å². The zero-order chi connectivity index (χ0) is 13.1. The first kappa shape index (κ1) is 14.0. The van der Waals surface area contributed by atoms with Crippen molar-refractivity contribution in [2.75, 3.05) is 0 Å². The highest BCUT2D eigenvalue weighted by molar-refractivity contribution is 7.09. The summed E-state index contributed by atoms with van der Waals surface area (Å²) in [5.41, 5.74) is 1.16. The Morgan fingerprint density at radius 1 is 1.28 bits per heavy atom. The summed E-state index contributed by atoms with van der Waals surface area (Å²) < 4.78 is 0. The Kier molecular flexibility index (Phi) is 4.79. The van der Waals surface area contributed by atoms with Crippen LogP contribution in [0, 0.1) is 18.8 Å². The van der Waals surface area contributed by atoms with Crippen molar-refractivity contribution in [2.24, 2.45) is 11.8 Å². The number of aryl methyl sites for hydroxylation is 1. The molecule has 1 aliphatic carbocycles. The van der Waals surface area contributed by atoms with E-state index in [2.05, 4.69) is 38.4 Å². The molecule has 1 heterocycles. The van der Waals surface area contributed by atoms with Crippen molar-refractivity contribution in [3.05, 3.63) is 16.1 Å². The first-order valence-electron chi connectivity index (χ1n) is 7.24. The van der Waals surface area contributed by atoms with Crippen LogP contribution in [0.15, 0.2) is 5.38 Å². The van der Waals surface area contributed by atoms with Gasteiger partial charge in [-0.25, -0.2) is 4.98 Å². The molecular weight excluding hydrogens is 240 g/mol. The molecule has 1 aromatic rings. The molecule has 0 radical (unpaired) electrons. The van der Waals surface area contributed by atoms with Gasteiger partial charge in [-0.15, -0.1) is 11.3 Å². The van der Waals surface area contributed by atoms with E-state index in [-0.39, 0.29) is 0 Å². The number of aromatic nitrogens is 1. The average Bonchev–Trinajstić information content (AvgIpc) is 2.74. The molecule has 0 aromatic carbocycles. The molecule has 1 fully saturated rings. The smallest absolute Gasteiger partial charge is 0.110 e. The monoisotopic (exact) mass is 266 g/mol. The molecule has 0 bridgehead atoms. The third-order valence-electron chi connectivity index (χ3n) is 3.95. The molecule has 1 N–H and O–H groups in total. The molecule has 1 aromatic heterocycles. The lowest BCUT2D eigenvalue weighted by atomic mass is 9.79. The quantitative estimate of drug-likeness (QED) is 0.878. The fourth-order valence-electron chi connectivity index (χ4n) is 2.90. The van der Waals surface area contributed by atoms with Crippen LogP contribution in [0.25, 0.3) is 0 Å². The first-order chi connectivity index (χ1) is 8.56. The number of hydrogen-bond donors (Lipinski definition) is 1. The minimum atomic E-state index is 0.469. The predicted octanol–water partition coefficient (Wildman–Crippen LogP) is 4.32. The molecular formula is C15H26N2S. The lowest BCUT2D eigenvalue weighted by Crippen LogP contribution is -2.35. The van der Waals surface area contributed by atoms with Crippen LogP contribution in [0.5, 0.6) is 0 Å². The van der Waals surface area contributed by atoms with E-state index >= 15 is 0 Å². The SMILES string of the molecule is Cc1csc(C(NC(C)C)C2CCC(C)CC2)n1. The van der Waals surface area contributed by atoms with Crippen molar-refractivity contribution in [1.82, 2.24) is 10.3 Å². The predicted molar refractivity (Wildman–Crippen MR) is 79.0 cm³/mol. The van der Waals surface area contributed by atoms with Crippen LogP contribution in [0.4, 0.5) is 0 Å². The van der Waals surface area contributed by atoms with Crippen LogP contribution in [-0.2, 0) is 0 Å². The van der Waals surface area contributed by atoms with Crippen LogP contribution < -0.4 is 5.32 Å². The van der Waals surface area contributed by atoms with Gasteiger partial charge in [-0.3, -0.25) is 0 Å². The van der Waals surface area contributed by atoms with Gasteiger partial charge in [0.2, 0.25) is 0 Å². The van der Waals surface area contributed by atoms with Crippen molar-refractivity contribution in [1.29, 1.82) is 0 Å². The Morgan fingerprint density at radius 3 is 2.44 bits per heavy atom. The third-order valence-corrected chi connectivity index (χ3v) is 4.99. The Morgan fingerprint density at radius 2 is 1.94 bits per heavy atom. The lowest BCUT2D eigenvalue weighted by molar-refractivity contribution is 0.223. The maximum absolute atomic E-state index is 4.71. The van der Waals surface area contributed by atoms with Gasteiger partial charge in [-0.1, -0.05) is 33.6 Å². The lowest BCUT2D eigenvalue weighted by Gasteiger charge is -2.33. The molecule has 1 saturated carbocycles. The highest BCUT2D eigenvalue weighted by Crippen LogP contribution is 2.37. The molecule has 2 nitrogen and oxygen atoms in total. The summed E-state index contributed by atoms with van der Waals surface area (Å²) >= 11 is 1.82. The van der Waals surface area contributed by atoms with Crippen molar-refractivity contribution >= 4 is 11.3 Å². The summed E-state index contributed by atoms with van der Waals surface area (Å²) in [6, 6.07) is 0.995. The van der Waals surface area contributed by atoms with E-state index in [1.54, 1.807) is 0 Å². The molecule has 0 saturated heterocycles. The second-order valence-corrected chi connectivity index (χ2v) is 7.04. The van der Waals surface area contributed by atoms with Crippen LogP contribution in [0.3, 0.4) is 0 Å². The van der Waals surface area contributed by atoms with Gasteiger partial charge in [0.15, 0.2) is 0 Å². The summed E-state index contributed by atoms with van der Waals surface area (Å²) in [6.07, 6.45) is 5.46. The van der Waals surface area contributed by atoms with Crippen LogP contribution >= 0.6 is 11.3 Å². The Hall–Kier alpha value is -0.410. The molecule has 3 heteroatoms. The van der Waals surface area contributed by atoms with E-state index in [4.69, 9.17) is 4.98 Å². The zero-order valence-corrected chi connectivity index (χ0v) is 12.9. The highest BCUT2D eigenvalue weighted by Gasteiger charge is 2.29. The third kappa shape index (κ3) is 3.55. The van der Waals surface area contributed by atoms with E-state index in [0.29, 0.717) is 12.1 Å². The van der Waals surface area contributed by atoms with E-state index in [0.717, 1.165) is 17.5 Å². The summed E-state index contributed by atoms with van der Waals surface area (Å²) in [4.78, 5) is 4.71. The molecule has 1 unspecified atom stereocenters. The van der Waals surface area contributed by atoms with Crippen molar-refractivity contribution in [2.45, 2.75) is 65.5 Å². The van der Waals surface area contributed by atoms with Gasteiger partial charge in [0.25, 0.3) is 0 Å². The Bertz CT molecular complexity index is 364. The molecule has 1 aliphatic rings. The number of thiazole rings is 1. The maximum Gasteiger partial charge on any atom is 0.110 e. The molecule has 0 amide bonds. The van der Waals surface area contributed by atoms with E-state index < -0.39 is 0 Å². The average molecular weight is 266 g/mol. The second kappa shape index (κ2) is 6.16. The Balaban J connectivity index is 2.09. The van der Waals surface area contributed by atoms with Gasteiger partial charge in [0.1, 0.15) is 5.01 Å². The van der Waals surface area contributed by atoms with Crippen LogP contribution in [0.2, 0.25) is 0 Å². The standard InChI is InChI=1S/C15H26N2S/c1-10(2)16-14(15-17-12(4)9-18-15)13-7-5-11(3)6-8-13/h9-11,13-14,16H,5-8H2,1-4H3. The second-order valence-electron chi connectivity index (χ2n) is 6.15. The van der Waals surface area contributed by atoms with Gasteiger partial charge < -0.3 is 5.32 Å². The molecule has 2 rings (SSSR count). The van der Waals surface area contributed by atoms with Gasteiger partial charge in [-0.2, -0.15) is 0 Å². The minimum Gasteiger partial charge on any atom is -0.305 e. The van der Waals surface area contributed by atoms with Gasteiger partial charge in [0, 0.05) is 17.1 Å². The fraction of sp³-hybridized carbons (Fsp3) is 0.800. The number of nitrogens with zero attached hydrogens (tertiary/aromatic N) is 1. The number of nitrogens with one attached hydrogen (secondary N) is 1. The van der Waals surface area contributed by atoms with Crippen LogP contribution in [0.1, 0.15) is 63.2 Å². The molecule has 18 heavy (non-hydrogen) atoms. The molecule has 0 aliphatic heterocycles. The van der Waals surface area contributed by atoms with E-state index in [1.807, 2.05) is 11.3 Å².